The molecule has 1 saturated heterocycles. The molecule has 1 N–H and O–H groups in total. The lowest BCUT2D eigenvalue weighted by atomic mass is 9.96. The van der Waals surface area contributed by atoms with Crippen molar-refractivity contribution in [1.82, 2.24) is 19.8 Å². The van der Waals surface area contributed by atoms with E-state index in [9.17, 15) is 9.59 Å². The fourth-order valence-electron chi connectivity index (χ4n) is 4.22. The van der Waals surface area contributed by atoms with Crippen LogP contribution in [0.25, 0.3) is 11.0 Å². The molecule has 1 unspecified atom stereocenters. The SMILES string of the molecule is CCn1c(CNC(=O)C2CCCN(C(=O)Cc3ccccc3)C2)nc2ccccc21. The molecular formula is C24H28N4O2. The van der Waals surface area contributed by atoms with Crippen LogP contribution in [0, 0.1) is 5.92 Å². The van der Waals surface area contributed by atoms with Gasteiger partial charge in [-0.15, -0.1) is 0 Å². The van der Waals surface area contributed by atoms with Gasteiger partial charge in [0.2, 0.25) is 11.8 Å². The van der Waals surface area contributed by atoms with Gasteiger partial charge in [0, 0.05) is 19.6 Å². The summed E-state index contributed by atoms with van der Waals surface area (Å²) in [7, 11) is 0. The summed E-state index contributed by atoms with van der Waals surface area (Å²) in [6, 6.07) is 17.8. The first-order valence-electron chi connectivity index (χ1n) is 10.7. The molecule has 3 aromatic rings. The number of aromatic nitrogens is 2. The molecule has 6 heteroatoms. The van der Waals surface area contributed by atoms with Gasteiger partial charge < -0.3 is 14.8 Å². The highest BCUT2D eigenvalue weighted by Crippen LogP contribution is 2.19. The van der Waals surface area contributed by atoms with E-state index in [1.807, 2.05) is 53.4 Å². The molecule has 1 aromatic heterocycles. The third-order valence-corrected chi connectivity index (χ3v) is 5.81. The zero-order valence-electron chi connectivity index (χ0n) is 17.4. The van der Waals surface area contributed by atoms with Crippen molar-refractivity contribution in [3.63, 3.8) is 0 Å². The lowest BCUT2D eigenvalue weighted by Gasteiger charge is -2.32. The van der Waals surface area contributed by atoms with E-state index in [2.05, 4.69) is 27.9 Å². The van der Waals surface area contributed by atoms with Crippen LogP contribution in [0.1, 0.15) is 31.2 Å². The number of fused-ring (bicyclic) bond motifs is 1. The minimum atomic E-state index is -0.169. The van der Waals surface area contributed by atoms with Crippen molar-refractivity contribution in [2.24, 2.45) is 5.92 Å². The molecule has 30 heavy (non-hydrogen) atoms. The molecule has 0 spiro atoms. The smallest absolute Gasteiger partial charge is 0.227 e. The van der Waals surface area contributed by atoms with Gasteiger partial charge in [0.15, 0.2) is 0 Å². The van der Waals surface area contributed by atoms with Gasteiger partial charge in [-0.1, -0.05) is 42.5 Å². The van der Waals surface area contributed by atoms with Gasteiger partial charge >= 0.3 is 0 Å². The molecular weight excluding hydrogens is 376 g/mol. The number of para-hydroxylation sites is 2. The van der Waals surface area contributed by atoms with Crippen molar-refractivity contribution in [3.8, 4) is 0 Å². The first kappa shape index (κ1) is 20.1. The second-order valence-corrected chi connectivity index (χ2v) is 7.82. The molecule has 1 fully saturated rings. The molecule has 0 saturated carbocycles. The van der Waals surface area contributed by atoms with E-state index >= 15 is 0 Å². The molecule has 0 radical (unpaired) electrons. The predicted octanol–water partition coefficient (Wildman–Crippen LogP) is 3.15. The second-order valence-electron chi connectivity index (χ2n) is 7.82. The zero-order valence-corrected chi connectivity index (χ0v) is 17.4. The number of carbonyl (C=O) groups excluding carboxylic acids is 2. The summed E-state index contributed by atoms with van der Waals surface area (Å²) in [4.78, 5) is 32.0. The highest BCUT2D eigenvalue weighted by molar-refractivity contribution is 5.82. The summed E-state index contributed by atoms with van der Waals surface area (Å²) < 4.78 is 2.13. The fourth-order valence-corrected chi connectivity index (χ4v) is 4.22. The molecule has 1 aliphatic heterocycles. The number of nitrogens with one attached hydrogen (secondary N) is 1. The maximum absolute atomic E-state index is 12.8. The van der Waals surface area contributed by atoms with Gasteiger partial charge in [-0.25, -0.2) is 4.98 Å². The molecule has 1 atom stereocenters. The van der Waals surface area contributed by atoms with E-state index in [1.54, 1.807) is 0 Å². The molecule has 2 amide bonds. The van der Waals surface area contributed by atoms with Crippen molar-refractivity contribution >= 4 is 22.8 Å². The number of imidazole rings is 1. The molecule has 156 valence electrons. The number of piperidine rings is 1. The lowest BCUT2D eigenvalue weighted by Crippen LogP contribution is -2.45. The molecule has 2 aromatic carbocycles. The third kappa shape index (κ3) is 4.37. The summed E-state index contributed by atoms with van der Waals surface area (Å²) in [6.45, 7) is 4.49. The summed E-state index contributed by atoms with van der Waals surface area (Å²) in [5.74, 6) is 0.784. The number of benzene rings is 2. The number of aryl methyl sites for hydroxylation is 1. The summed E-state index contributed by atoms with van der Waals surface area (Å²) in [6.07, 6.45) is 2.05. The minimum Gasteiger partial charge on any atom is -0.349 e. The average Bonchev–Trinajstić information content (AvgIpc) is 3.15. The number of amides is 2. The van der Waals surface area contributed by atoms with Crippen LogP contribution in [0.3, 0.4) is 0 Å². The summed E-state index contributed by atoms with van der Waals surface area (Å²) in [5.41, 5.74) is 3.03. The van der Waals surface area contributed by atoms with Gasteiger partial charge in [-0.3, -0.25) is 9.59 Å². The maximum Gasteiger partial charge on any atom is 0.227 e. The number of hydrogen-bond donors (Lipinski definition) is 1. The zero-order chi connectivity index (χ0) is 20.9. The second kappa shape index (κ2) is 9.11. The number of likely N-dealkylation sites (tertiary alicyclic amines) is 1. The van der Waals surface area contributed by atoms with Crippen LogP contribution >= 0.6 is 0 Å². The van der Waals surface area contributed by atoms with Crippen LogP contribution in [-0.4, -0.2) is 39.4 Å². The van der Waals surface area contributed by atoms with E-state index < -0.39 is 0 Å². The Morgan fingerprint density at radius 2 is 1.87 bits per heavy atom. The van der Waals surface area contributed by atoms with Crippen LogP contribution in [0.2, 0.25) is 0 Å². The van der Waals surface area contributed by atoms with Gasteiger partial charge in [-0.2, -0.15) is 0 Å². The van der Waals surface area contributed by atoms with Crippen LogP contribution in [0.4, 0.5) is 0 Å². The van der Waals surface area contributed by atoms with E-state index in [-0.39, 0.29) is 17.7 Å². The van der Waals surface area contributed by atoms with Crippen LogP contribution in [0.15, 0.2) is 54.6 Å². The van der Waals surface area contributed by atoms with E-state index in [4.69, 9.17) is 0 Å². The Hall–Kier alpha value is -3.15. The van der Waals surface area contributed by atoms with Crippen LogP contribution in [0.5, 0.6) is 0 Å². The highest BCUT2D eigenvalue weighted by atomic mass is 16.2. The number of carbonyl (C=O) groups is 2. The normalized spacial score (nSPS) is 16.6. The number of nitrogens with zero attached hydrogens (tertiary/aromatic N) is 3. The number of rotatable bonds is 6. The third-order valence-electron chi connectivity index (χ3n) is 5.81. The van der Waals surface area contributed by atoms with Crippen molar-refractivity contribution in [1.29, 1.82) is 0 Å². The average molecular weight is 405 g/mol. The Morgan fingerprint density at radius 1 is 1.10 bits per heavy atom. The van der Waals surface area contributed by atoms with E-state index in [0.717, 1.165) is 48.4 Å². The molecule has 1 aliphatic rings. The Balaban J connectivity index is 1.36. The van der Waals surface area contributed by atoms with Crippen molar-refractivity contribution in [3.05, 3.63) is 66.0 Å². The van der Waals surface area contributed by atoms with Crippen LogP contribution < -0.4 is 5.32 Å². The first-order valence-corrected chi connectivity index (χ1v) is 10.7. The molecule has 0 bridgehead atoms. The monoisotopic (exact) mass is 404 g/mol. The predicted molar refractivity (Wildman–Crippen MR) is 117 cm³/mol. The Morgan fingerprint density at radius 3 is 2.67 bits per heavy atom. The topological polar surface area (TPSA) is 67.2 Å². The summed E-state index contributed by atoms with van der Waals surface area (Å²) in [5, 5.41) is 3.05. The quantitative estimate of drug-likeness (QED) is 0.686. The maximum atomic E-state index is 12.8. The van der Waals surface area contributed by atoms with E-state index in [1.165, 1.54) is 0 Å². The fraction of sp³-hybridized carbons (Fsp3) is 0.375. The van der Waals surface area contributed by atoms with E-state index in [0.29, 0.717) is 19.5 Å². The molecule has 2 heterocycles. The Kier molecular flexibility index (Phi) is 6.12. The molecule has 6 nitrogen and oxygen atoms in total. The Bertz CT molecular complexity index is 1030. The van der Waals surface area contributed by atoms with Gasteiger partial charge in [0.25, 0.3) is 0 Å². The largest absolute Gasteiger partial charge is 0.349 e. The van der Waals surface area contributed by atoms with Crippen molar-refractivity contribution < 1.29 is 9.59 Å². The first-order chi connectivity index (χ1) is 14.7. The minimum absolute atomic E-state index is 0.00178. The molecule has 4 rings (SSSR count). The summed E-state index contributed by atoms with van der Waals surface area (Å²) >= 11 is 0. The van der Waals surface area contributed by atoms with Crippen molar-refractivity contribution in [2.75, 3.05) is 13.1 Å². The van der Waals surface area contributed by atoms with Crippen LogP contribution in [-0.2, 0) is 29.1 Å². The van der Waals surface area contributed by atoms with Crippen molar-refractivity contribution in [2.45, 2.75) is 39.3 Å². The van der Waals surface area contributed by atoms with Gasteiger partial charge in [-0.05, 0) is 37.5 Å². The molecule has 0 aliphatic carbocycles. The highest BCUT2D eigenvalue weighted by Gasteiger charge is 2.28. The number of hydrogen-bond acceptors (Lipinski definition) is 3. The standard InChI is InChI=1S/C24H28N4O2/c1-2-28-21-13-7-6-12-20(21)26-22(28)16-25-24(30)19-11-8-14-27(17-19)23(29)15-18-9-4-3-5-10-18/h3-7,9-10,12-13,19H,2,8,11,14-17H2,1H3,(H,25,30). The lowest BCUT2D eigenvalue weighted by molar-refractivity contribution is -0.135. The Labute approximate surface area is 176 Å². The van der Waals surface area contributed by atoms with Gasteiger partial charge in [0.1, 0.15) is 5.82 Å². The van der Waals surface area contributed by atoms with Gasteiger partial charge in [0.05, 0.1) is 29.9 Å².